The van der Waals surface area contributed by atoms with Gasteiger partial charge >= 0.3 is 5.97 Å². The van der Waals surface area contributed by atoms with Gasteiger partial charge in [-0.25, -0.2) is 4.39 Å². The van der Waals surface area contributed by atoms with Crippen molar-refractivity contribution in [1.82, 2.24) is 0 Å². The molecule has 0 unspecified atom stereocenters. The fourth-order valence-electron chi connectivity index (χ4n) is 5.25. The molecule has 1 aliphatic heterocycles. The van der Waals surface area contributed by atoms with E-state index in [0.29, 0.717) is 17.9 Å². The Morgan fingerprint density at radius 2 is 1.85 bits per heavy atom. The molecular formula is C30H31FO3. The molecular weight excluding hydrogens is 427 g/mol. The number of methoxy groups -OCH3 is 1. The summed E-state index contributed by atoms with van der Waals surface area (Å²) >= 11 is 0. The Morgan fingerprint density at radius 3 is 2.56 bits per heavy atom. The van der Waals surface area contributed by atoms with E-state index >= 15 is 0 Å². The van der Waals surface area contributed by atoms with Gasteiger partial charge in [-0.05, 0) is 84.9 Å². The van der Waals surface area contributed by atoms with Crippen LogP contribution in [0.25, 0.3) is 11.1 Å². The molecule has 0 N–H and O–H groups in total. The number of esters is 1. The third kappa shape index (κ3) is 4.59. The number of aryl methyl sites for hydroxylation is 2. The molecule has 3 aromatic carbocycles. The molecule has 3 aromatic rings. The second kappa shape index (κ2) is 9.61. The Kier molecular flexibility index (Phi) is 6.40. The van der Waals surface area contributed by atoms with E-state index in [4.69, 9.17) is 9.47 Å². The quantitative estimate of drug-likeness (QED) is 0.363. The Morgan fingerprint density at radius 1 is 1.06 bits per heavy atom. The van der Waals surface area contributed by atoms with Gasteiger partial charge in [-0.1, -0.05) is 54.4 Å². The van der Waals surface area contributed by atoms with Gasteiger partial charge in [0, 0.05) is 5.56 Å². The van der Waals surface area contributed by atoms with Gasteiger partial charge in [0.2, 0.25) is 0 Å². The fourth-order valence-corrected chi connectivity index (χ4v) is 5.25. The van der Waals surface area contributed by atoms with Gasteiger partial charge in [-0.3, -0.25) is 4.79 Å². The van der Waals surface area contributed by atoms with Crippen LogP contribution in [0.4, 0.5) is 4.39 Å². The molecule has 5 rings (SSSR count). The van der Waals surface area contributed by atoms with Crippen molar-refractivity contribution < 1.29 is 18.7 Å². The van der Waals surface area contributed by atoms with Gasteiger partial charge in [-0.15, -0.1) is 0 Å². The SMILES string of the molecule is COC(=O)C[C@H](c1ccc2c(c1)O[C@@H](c1ccc(-c3cc(C)ccc3F)cc1)CC2)C1CCC1. The maximum atomic E-state index is 14.3. The first-order chi connectivity index (χ1) is 16.5. The standard InChI is InChI=1S/C30H31FO3/c1-19-6-14-27(31)26(16-19)21-7-9-22(10-8-21)28-15-13-23-11-12-24(17-29(23)34-28)25(18-30(32)33-2)20-4-3-5-20/h6-12,14,16-17,20,25,28H,3-5,13,15,18H2,1-2H3/t25-,28+/m0/s1. The molecule has 34 heavy (non-hydrogen) atoms. The first-order valence-electron chi connectivity index (χ1n) is 12.2. The van der Waals surface area contributed by atoms with E-state index < -0.39 is 0 Å². The van der Waals surface area contributed by atoms with Crippen molar-refractivity contribution in [2.45, 2.75) is 57.5 Å². The van der Waals surface area contributed by atoms with E-state index in [1.807, 2.05) is 37.3 Å². The minimum atomic E-state index is -0.207. The zero-order valence-electron chi connectivity index (χ0n) is 19.9. The highest BCUT2D eigenvalue weighted by Gasteiger charge is 2.32. The highest BCUT2D eigenvalue weighted by Crippen LogP contribution is 2.44. The molecule has 0 saturated heterocycles. The summed E-state index contributed by atoms with van der Waals surface area (Å²) < 4.78 is 25.8. The average molecular weight is 459 g/mol. The summed E-state index contributed by atoms with van der Waals surface area (Å²) in [6.45, 7) is 1.97. The van der Waals surface area contributed by atoms with Crippen LogP contribution in [0.15, 0.2) is 60.7 Å². The number of hydrogen-bond donors (Lipinski definition) is 0. The number of carbonyl (C=O) groups is 1. The second-order valence-electron chi connectivity index (χ2n) is 9.70. The van der Waals surface area contributed by atoms with Crippen LogP contribution in [-0.4, -0.2) is 13.1 Å². The molecule has 0 bridgehead atoms. The van der Waals surface area contributed by atoms with Crippen molar-refractivity contribution in [3.63, 3.8) is 0 Å². The van der Waals surface area contributed by atoms with Gasteiger partial charge in [0.15, 0.2) is 0 Å². The monoisotopic (exact) mass is 458 g/mol. The summed E-state index contributed by atoms with van der Waals surface area (Å²) in [6.07, 6.45) is 5.78. The average Bonchev–Trinajstić information content (AvgIpc) is 2.83. The van der Waals surface area contributed by atoms with E-state index in [0.717, 1.165) is 48.1 Å². The van der Waals surface area contributed by atoms with Crippen molar-refractivity contribution in [1.29, 1.82) is 0 Å². The summed E-state index contributed by atoms with van der Waals surface area (Å²) in [5.41, 5.74) is 6.01. The normalized spacial score (nSPS) is 18.4. The van der Waals surface area contributed by atoms with Crippen molar-refractivity contribution in [3.8, 4) is 16.9 Å². The van der Waals surface area contributed by atoms with E-state index in [2.05, 4.69) is 18.2 Å². The van der Waals surface area contributed by atoms with Crippen LogP contribution in [0.3, 0.4) is 0 Å². The summed E-state index contributed by atoms with van der Waals surface area (Å²) in [5, 5.41) is 0. The third-order valence-corrected chi connectivity index (χ3v) is 7.51. The fraction of sp³-hybridized carbons (Fsp3) is 0.367. The smallest absolute Gasteiger partial charge is 0.306 e. The maximum Gasteiger partial charge on any atom is 0.306 e. The van der Waals surface area contributed by atoms with Crippen LogP contribution in [0, 0.1) is 18.7 Å². The third-order valence-electron chi connectivity index (χ3n) is 7.51. The summed E-state index contributed by atoms with van der Waals surface area (Å²) in [7, 11) is 1.46. The van der Waals surface area contributed by atoms with Crippen molar-refractivity contribution in [3.05, 3.63) is 88.7 Å². The summed E-state index contributed by atoms with van der Waals surface area (Å²) in [6, 6.07) is 19.7. The number of hydrogen-bond acceptors (Lipinski definition) is 3. The number of rotatable bonds is 6. The van der Waals surface area contributed by atoms with Crippen LogP contribution in [-0.2, 0) is 16.0 Å². The van der Waals surface area contributed by atoms with Gasteiger partial charge < -0.3 is 9.47 Å². The van der Waals surface area contributed by atoms with Gasteiger partial charge in [0.05, 0.1) is 13.5 Å². The maximum absolute atomic E-state index is 14.3. The molecule has 1 saturated carbocycles. The Balaban J connectivity index is 1.36. The largest absolute Gasteiger partial charge is 0.485 e. The molecule has 1 aliphatic carbocycles. The second-order valence-corrected chi connectivity index (χ2v) is 9.70. The number of fused-ring (bicyclic) bond motifs is 1. The lowest BCUT2D eigenvalue weighted by Gasteiger charge is -2.34. The first kappa shape index (κ1) is 22.6. The number of ether oxygens (including phenoxy) is 2. The lowest BCUT2D eigenvalue weighted by atomic mass is 9.71. The Labute approximate surface area is 200 Å². The molecule has 2 aliphatic rings. The number of carbonyl (C=O) groups excluding carboxylic acids is 1. The lowest BCUT2D eigenvalue weighted by molar-refractivity contribution is -0.141. The Hall–Kier alpha value is -3.14. The Bertz CT molecular complexity index is 1180. The molecule has 3 nitrogen and oxygen atoms in total. The number of halogens is 1. The first-order valence-corrected chi connectivity index (χ1v) is 12.2. The molecule has 176 valence electrons. The molecule has 4 heteroatoms. The van der Waals surface area contributed by atoms with Crippen LogP contribution >= 0.6 is 0 Å². The minimum absolute atomic E-state index is 0.0399. The van der Waals surface area contributed by atoms with Crippen molar-refractivity contribution in [2.75, 3.05) is 7.11 Å². The molecule has 0 spiro atoms. The molecule has 0 radical (unpaired) electrons. The summed E-state index contributed by atoms with van der Waals surface area (Å²) in [4.78, 5) is 12.1. The zero-order chi connectivity index (χ0) is 23.7. The van der Waals surface area contributed by atoms with Gasteiger partial charge in [-0.2, -0.15) is 0 Å². The minimum Gasteiger partial charge on any atom is -0.485 e. The topological polar surface area (TPSA) is 35.5 Å². The van der Waals surface area contributed by atoms with Gasteiger partial charge in [0.25, 0.3) is 0 Å². The molecule has 1 fully saturated rings. The van der Waals surface area contributed by atoms with Crippen LogP contribution in [0.2, 0.25) is 0 Å². The van der Waals surface area contributed by atoms with E-state index in [1.54, 1.807) is 6.07 Å². The molecule has 0 amide bonds. The van der Waals surface area contributed by atoms with Crippen LogP contribution in [0.1, 0.15) is 66.4 Å². The van der Waals surface area contributed by atoms with E-state index in [9.17, 15) is 9.18 Å². The number of benzene rings is 3. The predicted octanol–water partition coefficient (Wildman–Crippen LogP) is 7.31. The zero-order valence-corrected chi connectivity index (χ0v) is 19.9. The summed E-state index contributed by atoms with van der Waals surface area (Å²) in [5.74, 6) is 1.27. The predicted molar refractivity (Wildman–Crippen MR) is 131 cm³/mol. The van der Waals surface area contributed by atoms with Crippen molar-refractivity contribution in [2.24, 2.45) is 5.92 Å². The molecule has 1 heterocycles. The van der Waals surface area contributed by atoms with Crippen LogP contribution in [0.5, 0.6) is 5.75 Å². The molecule has 0 aromatic heterocycles. The highest BCUT2D eigenvalue weighted by atomic mass is 19.1. The van der Waals surface area contributed by atoms with Crippen molar-refractivity contribution >= 4 is 5.97 Å². The lowest BCUT2D eigenvalue weighted by Crippen LogP contribution is -2.24. The van der Waals surface area contributed by atoms with E-state index in [1.165, 1.54) is 30.7 Å². The van der Waals surface area contributed by atoms with Gasteiger partial charge in [0.1, 0.15) is 17.7 Å². The van der Waals surface area contributed by atoms with Crippen LogP contribution < -0.4 is 4.74 Å². The van der Waals surface area contributed by atoms with E-state index in [-0.39, 0.29) is 23.8 Å². The highest BCUT2D eigenvalue weighted by molar-refractivity contribution is 5.70. The molecule has 2 atom stereocenters.